The SMILES string of the molecule is CC(Sc1nnc(-c2c[nH]c3ccccc23)n1C1CC1)C(=O)NCc1ccc2c(c1)OCO2. The summed E-state index contributed by atoms with van der Waals surface area (Å²) in [5.74, 6) is 2.26. The fourth-order valence-electron chi connectivity index (χ4n) is 4.05. The second-order valence-electron chi connectivity index (χ2n) is 8.32. The van der Waals surface area contributed by atoms with Crippen molar-refractivity contribution in [3.63, 3.8) is 0 Å². The van der Waals surface area contributed by atoms with Crippen molar-refractivity contribution >= 4 is 28.6 Å². The Morgan fingerprint density at radius 2 is 2.06 bits per heavy atom. The number of carbonyl (C=O) groups is 1. The maximum Gasteiger partial charge on any atom is 0.233 e. The number of rotatable bonds is 7. The van der Waals surface area contributed by atoms with E-state index in [1.54, 1.807) is 0 Å². The van der Waals surface area contributed by atoms with Gasteiger partial charge in [-0.25, -0.2) is 0 Å². The lowest BCUT2D eigenvalue weighted by atomic mass is 10.1. The molecule has 1 aliphatic heterocycles. The first-order valence-corrected chi connectivity index (χ1v) is 11.9. The lowest BCUT2D eigenvalue weighted by Crippen LogP contribution is -2.30. The van der Waals surface area contributed by atoms with Crippen LogP contribution in [0.4, 0.5) is 0 Å². The highest BCUT2D eigenvalue weighted by Crippen LogP contribution is 2.42. The van der Waals surface area contributed by atoms with Gasteiger partial charge in [-0.15, -0.1) is 10.2 Å². The Labute approximate surface area is 194 Å². The standard InChI is InChI=1S/C24H23N5O3S/c1-14(23(30)26-11-15-6-9-20-21(10-15)32-13-31-20)33-24-28-27-22(29(24)16-7-8-16)18-12-25-19-5-3-2-4-17(18)19/h2-6,9-10,12,14,16,25H,7-8,11,13H2,1H3,(H,26,30). The summed E-state index contributed by atoms with van der Waals surface area (Å²) in [6, 6.07) is 14.3. The average Bonchev–Trinajstić information content (AvgIpc) is 3.22. The Hall–Kier alpha value is -3.46. The summed E-state index contributed by atoms with van der Waals surface area (Å²) in [7, 11) is 0. The molecule has 1 saturated carbocycles. The van der Waals surface area contributed by atoms with Crippen molar-refractivity contribution in [2.24, 2.45) is 0 Å². The summed E-state index contributed by atoms with van der Waals surface area (Å²) in [6.07, 6.45) is 4.20. The molecule has 3 heterocycles. The lowest BCUT2D eigenvalue weighted by Gasteiger charge is -2.13. The molecule has 4 aromatic rings. The summed E-state index contributed by atoms with van der Waals surface area (Å²) in [4.78, 5) is 16.1. The van der Waals surface area contributed by atoms with Crippen LogP contribution < -0.4 is 14.8 Å². The van der Waals surface area contributed by atoms with Crippen molar-refractivity contribution in [3.8, 4) is 22.9 Å². The molecule has 168 valence electrons. The summed E-state index contributed by atoms with van der Waals surface area (Å²) in [5, 5.41) is 13.6. The number of ether oxygens (including phenoxy) is 2. The average molecular weight is 462 g/mol. The third kappa shape index (κ3) is 3.82. The molecule has 1 aliphatic carbocycles. The van der Waals surface area contributed by atoms with Crippen molar-refractivity contribution in [2.75, 3.05) is 6.79 Å². The molecule has 1 fully saturated rings. The van der Waals surface area contributed by atoms with Gasteiger partial charge in [0.25, 0.3) is 0 Å². The minimum absolute atomic E-state index is 0.0448. The molecule has 33 heavy (non-hydrogen) atoms. The molecule has 0 spiro atoms. The predicted molar refractivity (Wildman–Crippen MR) is 125 cm³/mol. The molecule has 9 heteroatoms. The van der Waals surface area contributed by atoms with Crippen LogP contribution in [0.1, 0.15) is 31.4 Å². The third-order valence-corrected chi connectivity index (χ3v) is 7.02. The van der Waals surface area contributed by atoms with Gasteiger partial charge in [-0.3, -0.25) is 9.36 Å². The maximum absolute atomic E-state index is 12.8. The number of aromatic nitrogens is 4. The molecule has 6 rings (SSSR count). The van der Waals surface area contributed by atoms with Gasteiger partial charge in [-0.05, 0) is 43.5 Å². The van der Waals surface area contributed by atoms with Crippen LogP contribution in [0.25, 0.3) is 22.3 Å². The fourth-order valence-corrected chi connectivity index (χ4v) is 5.00. The van der Waals surface area contributed by atoms with Crippen molar-refractivity contribution in [1.29, 1.82) is 0 Å². The second kappa shape index (κ2) is 8.15. The zero-order chi connectivity index (χ0) is 22.4. The number of hydrogen-bond donors (Lipinski definition) is 2. The number of nitrogens with zero attached hydrogens (tertiary/aromatic N) is 3. The van der Waals surface area contributed by atoms with Crippen molar-refractivity contribution in [1.82, 2.24) is 25.1 Å². The highest BCUT2D eigenvalue weighted by atomic mass is 32.2. The Morgan fingerprint density at radius 1 is 1.21 bits per heavy atom. The number of fused-ring (bicyclic) bond motifs is 2. The van der Waals surface area contributed by atoms with E-state index in [0.717, 1.165) is 51.6 Å². The van der Waals surface area contributed by atoms with E-state index in [1.807, 2.05) is 43.5 Å². The van der Waals surface area contributed by atoms with Gasteiger partial charge in [0.15, 0.2) is 22.5 Å². The van der Waals surface area contributed by atoms with E-state index in [1.165, 1.54) is 11.8 Å². The van der Waals surface area contributed by atoms with Crippen molar-refractivity contribution in [3.05, 3.63) is 54.2 Å². The quantitative estimate of drug-likeness (QED) is 0.399. The molecule has 0 saturated heterocycles. The summed E-state index contributed by atoms with van der Waals surface area (Å²) >= 11 is 1.45. The van der Waals surface area contributed by atoms with Gasteiger partial charge in [-0.1, -0.05) is 36.0 Å². The normalized spacial score (nSPS) is 15.7. The van der Waals surface area contributed by atoms with Gasteiger partial charge < -0.3 is 19.8 Å². The number of aromatic amines is 1. The number of nitrogens with one attached hydrogen (secondary N) is 2. The van der Waals surface area contributed by atoms with Crippen molar-refractivity contribution < 1.29 is 14.3 Å². The van der Waals surface area contributed by atoms with Crippen LogP contribution in [-0.2, 0) is 11.3 Å². The predicted octanol–water partition coefficient (Wildman–Crippen LogP) is 4.29. The molecule has 2 aromatic carbocycles. The third-order valence-electron chi connectivity index (χ3n) is 5.96. The monoisotopic (exact) mass is 461 g/mol. The molecule has 2 aliphatic rings. The molecule has 0 radical (unpaired) electrons. The minimum Gasteiger partial charge on any atom is -0.454 e. The highest BCUT2D eigenvalue weighted by Gasteiger charge is 2.32. The Bertz CT molecular complexity index is 1340. The van der Waals surface area contributed by atoms with E-state index in [4.69, 9.17) is 9.47 Å². The number of hydrogen-bond acceptors (Lipinski definition) is 6. The zero-order valence-corrected chi connectivity index (χ0v) is 18.9. The second-order valence-corrected chi connectivity index (χ2v) is 9.63. The molecule has 2 aromatic heterocycles. The van der Waals surface area contributed by atoms with Crippen LogP contribution in [0.2, 0.25) is 0 Å². The van der Waals surface area contributed by atoms with Gasteiger partial charge in [0.05, 0.1) is 5.25 Å². The van der Waals surface area contributed by atoms with Crippen LogP contribution >= 0.6 is 11.8 Å². The number of H-pyrrole nitrogens is 1. The molecular formula is C24H23N5O3S. The van der Waals surface area contributed by atoms with Gasteiger partial charge in [-0.2, -0.15) is 0 Å². The van der Waals surface area contributed by atoms with E-state index in [2.05, 4.69) is 37.2 Å². The molecule has 1 unspecified atom stereocenters. The minimum atomic E-state index is -0.309. The Balaban J connectivity index is 1.18. The first-order valence-electron chi connectivity index (χ1n) is 11.0. The van der Waals surface area contributed by atoms with Gasteiger partial charge in [0.1, 0.15) is 0 Å². The number of carbonyl (C=O) groups excluding carboxylic acids is 1. The molecule has 2 N–H and O–H groups in total. The largest absolute Gasteiger partial charge is 0.454 e. The van der Waals surface area contributed by atoms with E-state index in [-0.39, 0.29) is 18.0 Å². The maximum atomic E-state index is 12.8. The number of para-hydroxylation sites is 1. The molecule has 1 atom stereocenters. The molecular weight excluding hydrogens is 438 g/mol. The van der Waals surface area contributed by atoms with Gasteiger partial charge in [0, 0.05) is 35.2 Å². The first kappa shape index (κ1) is 20.2. The smallest absolute Gasteiger partial charge is 0.233 e. The first-order chi connectivity index (χ1) is 16.2. The van der Waals surface area contributed by atoms with E-state index in [9.17, 15) is 4.79 Å². The van der Waals surface area contributed by atoms with Crippen LogP contribution in [-0.4, -0.2) is 37.7 Å². The van der Waals surface area contributed by atoms with Crippen LogP contribution in [0.15, 0.2) is 53.8 Å². The highest BCUT2D eigenvalue weighted by molar-refractivity contribution is 8.00. The van der Waals surface area contributed by atoms with E-state index < -0.39 is 0 Å². The van der Waals surface area contributed by atoms with Crippen molar-refractivity contribution in [2.45, 2.75) is 42.8 Å². The van der Waals surface area contributed by atoms with E-state index >= 15 is 0 Å². The lowest BCUT2D eigenvalue weighted by molar-refractivity contribution is -0.120. The number of thioether (sulfide) groups is 1. The summed E-state index contributed by atoms with van der Waals surface area (Å²) in [5.41, 5.74) is 3.08. The van der Waals surface area contributed by atoms with E-state index in [0.29, 0.717) is 18.3 Å². The Morgan fingerprint density at radius 3 is 2.94 bits per heavy atom. The Kier molecular flexibility index (Phi) is 4.98. The molecule has 0 bridgehead atoms. The summed E-state index contributed by atoms with van der Waals surface area (Å²) < 4.78 is 13.0. The van der Waals surface area contributed by atoms with Gasteiger partial charge in [0.2, 0.25) is 12.7 Å². The number of benzene rings is 2. The van der Waals surface area contributed by atoms with Crippen LogP contribution in [0, 0.1) is 0 Å². The van der Waals surface area contributed by atoms with Crippen LogP contribution in [0.3, 0.4) is 0 Å². The van der Waals surface area contributed by atoms with Gasteiger partial charge >= 0.3 is 0 Å². The fraction of sp³-hybridized carbons (Fsp3) is 0.292. The zero-order valence-electron chi connectivity index (χ0n) is 18.1. The summed E-state index contributed by atoms with van der Waals surface area (Å²) in [6.45, 7) is 2.56. The van der Waals surface area contributed by atoms with Crippen LogP contribution in [0.5, 0.6) is 11.5 Å². The number of amides is 1. The molecule has 8 nitrogen and oxygen atoms in total. The molecule has 1 amide bonds. The topological polar surface area (TPSA) is 94.1 Å².